The van der Waals surface area contributed by atoms with Gasteiger partial charge in [0, 0.05) is 18.8 Å². The van der Waals surface area contributed by atoms with E-state index in [0.717, 1.165) is 18.7 Å². The van der Waals surface area contributed by atoms with Crippen molar-refractivity contribution in [3.63, 3.8) is 0 Å². The molecule has 0 saturated heterocycles. The summed E-state index contributed by atoms with van der Waals surface area (Å²) in [5, 5.41) is 10.9. The van der Waals surface area contributed by atoms with Gasteiger partial charge in [0.25, 0.3) is 10.8 Å². The van der Waals surface area contributed by atoms with Crippen LogP contribution >= 0.6 is 0 Å². The van der Waals surface area contributed by atoms with Gasteiger partial charge in [0.1, 0.15) is 14.1 Å². The fourth-order valence-corrected chi connectivity index (χ4v) is 7.98. The predicted molar refractivity (Wildman–Crippen MR) is 231 cm³/mol. The van der Waals surface area contributed by atoms with Gasteiger partial charge < -0.3 is 10.0 Å². The molecule has 4 nitrogen and oxygen atoms in total. The molecule has 52 heavy (non-hydrogen) atoms. The number of unbranched alkanes of at least 4 members (excludes halogenated alkanes) is 30. The lowest BCUT2D eigenvalue weighted by molar-refractivity contribution is 0.456. The first-order valence-electron chi connectivity index (χ1n) is 22.9. The Morgan fingerprint density at radius 3 is 1.02 bits per heavy atom. The highest BCUT2D eigenvalue weighted by atomic mass is 16.3. The van der Waals surface area contributed by atoms with Crippen LogP contribution in [0.15, 0.2) is 29.1 Å². The number of hydrogen-bond donors (Lipinski definition) is 1. The molecule has 2 aromatic rings. The highest BCUT2D eigenvalue weighted by Gasteiger charge is 2.25. The lowest BCUT2D eigenvalue weighted by Crippen LogP contribution is -2.42. The van der Waals surface area contributed by atoms with E-state index in [4.69, 9.17) is 0 Å². The smallest absolute Gasteiger partial charge is 0.291 e. The Labute approximate surface area is 322 Å². The molecule has 0 amide bonds. The minimum absolute atomic E-state index is 0.0616. The third kappa shape index (κ3) is 20.4. The Morgan fingerprint density at radius 2 is 0.750 bits per heavy atom. The first-order chi connectivity index (χ1) is 25.5. The van der Waals surface area contributed by atoms with Crippen molar-refractivity contribution >= 4 is 5.69 Å². The minimum atomic E-state index is -0.0616. The van der Waals surface area contributed by atoms with E-state index in [0.29, 0.717) is 10.9 Å². The second kappa shape index (κ2) is 31.3. The highest BCUT2D eigenvalue weighted by Crippen LogP contribution is 2.27. The number of aromatic hydroxyl groups is 1. The van der Waals surface area contributed by atoms with Gasteiger partial charge >= 0.3 is 0 Å². The number of nitrogens with zero attached hydrogens (tertiary/aromatic N) is 2. The van der Waals surface area contributed by atoms with Crippen LogP contribution in [-0.2, 0) is 0 Å². The van der Waals surface area contributed by atoms with Gasteiger partial charge in [-0.05, 0) is 30.5 Å². The summed E-state index contributed by atoms with van der Waals surface area (Å²) in [4.78, 5) is 15.3. The van der Waals surface area contributed by atoms with Crippen LogP contribution in [0, 0.1) is 0 Å². The van der Waals surface area contributed by atoms with Gasteiger partial charge in [-0.3, -0.25) is 4.79 Å². The number of hydrogen-bond acceptors (Lipinski definition) is 3. The molecule has 0 aliphatic heterocycles. The summed E-state index contributed by atoms with van der Waals surface area (Å²) in [5.74, 6) is 0.126. The van der Waals surface area contributed by atoms with E-state index in [-0.39, 0.29) is 11.2 Å². The molecule has 0 saturated carbocycles. The van der Waals surface area contributed by atoms with Gasteiger partial charge in [-0.1, -0.05) is 219 Å². The average molecular weight is 722 g/mol. The van der Waals surface area contributed by atoms with E-state index >= 15 is 0 Å². The van der Waals surface area contributed by atoms with E-state index in [9.17, 15) is 9.90 Å². The molecule has 2 rings (SSSR count). The molecule has 0 heterocycles. The summed E-state index contributed by atoms with van der Waals surface area (Å²) >= 11 is 0. The molecule has 4 heteroatoms. The van der Waals surface area contributed by atoms with Crippen LogP contribution in [0.2, 0.25) is 0 Å². The lowest BCUT2D eigenvalue weighted by Gasteiger charge is -2.25. The summed E-state index contributed by atoms with van der Waals surface area (Å²) in [7, 11) is 3.61. The molecule has 298 valence electrons. The fraction of sp³-hybridized carbons (Fsp3) is 0.792. The molecule has 0 atom stereocenters. The molecule has 0 radical (unpaired) electrons. The summed E-state index contributed by atoms with van der Waals surface area (Å²) in [5.41, 5.74) is 2.46. The van der Waals surface area contributed by atoms with E-state index in [1.54, 1.807) is 18.7 Å². The number of benzene rings is 1. The zero-order valence-electron chi connectivity index (χ0n) is 35.1. The van der Waals surface area contributed by atoms with Gasteiger partial charge in [-0.15, -0.1) is 0 Å². The van der Waals surface area contributed by atoms with Crippen molar-refractivity contribution in [2.75, 3.05) is 32.1 Å². The fourth-order valence-electron chi connectivity index (χ4n) is 7.98. The van der Waals surface area contributed by atoms with Gasteiger partial charge in [0.2, 0.25) is 5.75 Å². The van der Waals surface area contributed by atoms with Crippen molar-refractivity contribution in [3.05, 3.63) is 39.8 Å². The van der Waals surface area contributed by atoms with Crippen LogP contribution in [0.5, 0.6) is 5.75 Å². The Kier molecular flexibility index (Phi) is 27.7. The quantitative estimate of drug-likeness (QED) is 0.0563. The van der Waals surface area contributed by atoms with Crippen molar-refractivity contribution in [2.24, 2.45) is 0 Å². The van der Waals surface area contributed by atoms with Crippen molar-refractivity contribution in [1.82, 2.24) is 4.58 Å². The first-order valence-corrected chi connectivity index (χ1v) is 22.9. The molecule has 2 aromatic carbocycles. The molecule has 0 bridgehead atoms. The molecule has 1 N–H and O–H groups in total. The Hall–Kier alpha value is -2.10. The van der Waals surface area contributed by atoms with Crippen molar-refractivity contribution < 1.29 is 5.11 Å². The maximum atomic E-state index is 12.7. The Bertz CT molecular complexity index is 1150. The first kappa shape index (κ1) is 46.1. The van der Waals surface area contributed by atoms with E-state index in [1.165, 1.54) is 211 Å². The minimum Gasteiger partial charge on any atom is -0.502 e. The SMILES string of the molecule is CCCCCCCCCCCCCCCCCCN(CCCCCCCCCCCCCCCCCC)c1ccc(-c2c(O)c(=[N+](C)C)c2=O)cc1. The predicted octanol–water partition coefficient (Wildman–Crippen LogP) is 13.7. The van der Waals surface area contributed by atoms with E-state index in [1.807, 2.05) is 12.1 Å². The molecule has 0 aliphatic rings. The normalized spacial score (nSPS) is 11.5. The summed E-state index contributed by atoms with van der Waals surface area (Å²) in [6.45, 7) is 6.79. The van der Waals surface area contributed by atoms with Crippen molar-refractivity contribution in [1.29, 1.82) is 0 Å². The van der Waals surface area contributed by atoms with Crippen LogP contribution in [0.3, 0.4) is 0 Å². The monoisotopic (exact) mass is 722 g/mol. The van der Waals surface area contributed by atoms with E-state index < -0.39 is 0 Å². The zero-order chi connectivity index (χ0) is 37.5. The molecule has 0 fully saturated rings. The highest BCUT2D eigenvalue weighted by molar-refractivity contribution is 5.74. The van der Waals surface area contributed by atoms with Crippen LogP contribution in [-0.4, -0.2) is 32.3 Å². The largest absolute Gasteiger partial charge is 0.502 e. The van der Waals surface area contributed by atoms with Crippen molar-refractivity contribution in [2.45, 2.75) is 219 Å². The summed E-state index contributed by atoms with van der Waals surface area (Å²) < 4.78 is 1.70. The van der Waals surface area contributed by atoms with Crippen LogP contribution in [0.4, 0.5) is 5.69 Å². The Balaban J connectivity index is 1.65. The van der Waals surface area contributed by atoms with Crippen LogP contribution in [0.1, 0.15) is 219 Å². The summed E-state index contributed by atoms with van der Waals surface area (Å²) in [6.07, 6.45) is 44.7. The zero-order valence-corrected chi connectivity index (χ0v) is 35.1. The second-order valence-corrected chi connectivity index (χ2v) is 16.4. The van der Waals surface area contributed by atoms with Gasteiger partial charge in [0.05, 0.1) is 5.56 Å². The lowest BCUT2D eigenvalue weighted by atomic mass is 9.99. The third-order valence-corrected chi connectivity index (χ3v) is 11.4. The topological polar surface area (TPSA) is 43.5 Å². The standard InChI is InChI=1S/C48H84N2O2/c1-5-7-9-11-13-15-17-19-21-23-25-27-29-31-33-35-41-50(44-39-37-43(38-40-44)45-47(51)46(48(45)52)49(3)4)42-36-34-32-30-28-26-24-22-20-18-16-14-12-10-8-6-2/h37-40H,5-36,41-42H2,1-4H3/p+1. The van der Waals surface area contributed by atoms with Crippen LogP contribution in [0.25, 0.3) is 11.1 Å². The van der Waals surface area contributed by atoms with Crippen LogP contribution < -0.4 is 20.3 Å². The molecule has 0 aromatic heterocycles. The molecule has 0 aliphatic carbocycles. The van der Waals surface area contributed by atoms with Crippen molar-refractivity contribution in [3.8, 4) is 16.9 Å². The maximum Gasteiger partial charge on any atom is 0.291 e. The average Bonchev–Trinajstić information content (AvgIpc) is 3.13. The van der Waals surface area contributed by atoms with Gasteiger partial charge in [-0.25, -0.2) is 4.58 Å². The third-order valence-electron chi connectivity index (χ3n) is 11.4. The van der Waals surface area contributed by atoms with Gasteiger partial charge in [-0.2, -0.15) is 0 Å². The molecular weight excluding hydrogens is 637 g/mol. The second-order valence-electron chi connectivity index (χ2n) is 16.4. The number of rotatable bonds is 36. The van der Waals surface area contributed by atoms with E-state index in [2.05, 4.69) is 30.9 Å². The number of anilines is 1. The Morgan fingerprint density at radius 1 is 0.462 bits per heavy atom. The van der Waals surface area contributed by atoms with Gasteiger partial charge in [0.15, 0.2) is 0 Å². The summed E-state index contributed by atoms with van der Waals surface area (Å²) in [6, 6.07) is 8.38. The molecule has 0 spiro atoms. The molecular formula is C48H85N2O2+. The molecule has 0 unspecified atom stereocenters. The maximum absolute atomic E-state index is 12.7.